The first-order valence-electron chi connectivity index (χ1n) is 6.58. The van der Waals surface area contributed by atoms with Crippen LogP contribution < -0.4 is 21.9 Å². The molecule has 0 saturated carbocycles. The third-order valence-corrected chi connectivity index (χ3v) is 3.47. The van der Waals surface area contributed by atoms with E-state index in [9.17, 15) is 9.59 Å². The van der Waals surface area contributed by atoms with Crippen LogP contribution in [0.25, 0.3) is 0 Å². The Morgan fingerprint density at radius 2 is 1.90 bits per heavy atom. The summed E-state index contributed by atoms with van der Waals surface area (Å²) in [5.41, 5.74) is 11.4. The van der Waals surface area contributed by atoms with Gasteiger partial charge >= 0.3 is 0 Å². The molecule has 1 heterocycles. The molecule has 6 heteroatoms. The highest BCUT2D eigenvalue weighted by molar-refractivity contribution is 5.91. The zero-order chi connectivity index (χ0) is 14.8. The summed E-state index contributed by atoms with van der Waals surface area (Å²) in [6.45, 7) is 3.18. The Morgan fingerprint density at radius 1 is 1.25 bits per heavy atom. The summed E-state index contributed by atoms with van der Waals surface area (Å²) in [4.78, 5) is 23.3. The number of benzene rings is 1. The summed E-state index contributed by atoms with van der Waals surface area (Å²) in [7, 11) is 0. The lowest BCUT2D eigenvalue weighted by molar-refractivity contribution is -0.131. The number of rotatable bonds is 4. The van der Waals surface area contributed by atoms with Crippen LogP contribution in [0.5, 0.6) is 0 Å². The molecule has 1 aromatic carbocycles. The minimum Gasteiger partial charge on any atom is -0.368 e. The fraction of sp³-hybridized carbons (Fsp3) is 0.429. The van der Waals surface area contributed by atoms with Crippen LogP contribution in [0, 0.1) is 0 Å². The van der Waals surface area contributed by atoms with Gasteiger partial charge in [0.1, 0.15) is 11.6 Å². The van der Waals surface area contributed by atoms with E-state index in [0.717, 1.165) is 5.56 Å². The second-order valence-electron chi connectivity index (χ2n) is 5.52. The first-order valence-corrected chi connectivity index (χ1v) is 6.58. The number of primary amides is 1. The van der Waals surface area contributed by atoms with Crippen LogP contribution in [-0.2, 0) is 9.59 Å². The summed E-state index contributed by atoms with van der Waals surface area (Å²) in [6.07, 6.45) is 0.616. The fourth-order valence-electron chi connectivity index (χ4n) is 2.09. The molecule has 0 radical (unpaired) electrons. The van der Waals surface area contributed by atoms with Gasteiger partial charge in [-0.3, -0.25) is 9.59 Å². The van der Waals surface area contributed by atoms with E-state index in [1.165, 1.54) is 0 Å². The van der Waals surface area contributed by atoms with Crippen LogP contribution >= 0.6 is 0 Å². The van der Waals surface area contributed by atoms with Crippen molar-refractivity contribution in [3.05, 3.63) is 35.9 Å². The molecule has 2 amide bonds. The molecule has 0 aliphatic carbocycles. The smallest absolute Gasteiger partial charge is 0.242 e. The van der Waals surface area contributed by atoms with Crippen molar-refractivity contribution in [2.24, 2.45) is 5.73 Å². The predicted molar refractivity (Wildman–Crippen MR) is 75.3 cm³/mol. The van der Waals surface area contributed by atoms with Gasteiger partial charge in [0.25, 0.3) is 0 Å². The molecule has 0 spiro atoms. The maximum Gasteiger partial charge on any atom is 0.242 e. The molecule has 20 heavy (non-hydrogen) atoms. The lowest BCUT2D eigenvalue weighted by Crippen LogP contribution is -2.57. The van der Waals surface area contributed by atoms with Gasteiger partial charge in [-0.25, -0.2) is 10.9 Å². The molecule has 2 rings (SSSR count). The molecule has 108 valence electrons. The maximum atomic E-state index is 12.1. The summed E-state index contributed by atoms with van der Waals surface area (Å²) >= 11 is 0. The number of nitrogens with two attached hydrogens (primary N) is 1. The van der Waals surface area contributed by atoms with Crippen molar-refractivity contribution in [2.75, 3.05) is 0 Å². The van der Waals surface area contributed by atoms with Crippen LogP contribution in [-0.4, -0.2) is 23.4 Å². The Balaban J connectivity index is 1.96. The summed E-state index contributed by atoms with van der Waals surface area (Å²) in [6, 6.07) is 9.56. The minimum absolute atomic E-state index is 0.0728. The van der Waals surface area contributed by atoms with Crippen LogP contribution in [0.2, 0.25) is 0 Å². The topological polar surface area (TPSA) is 96.2 Å². The Labute approximate surface area is 118 Å². The van der Waals surface area contributed by atoms with Gasteiger partial charge in [0.2, 0.25) is 11.8 Å². The van der Waals surface area contributed by atoms with Crippen molar-refractivity contribution >= 4 is 11.8 Å². The Kier molecular flexibility index (Phi) is 4.06. The predicted octanol–water partition coefficient (Wildman–Crippen LogP) is -0.0257. The normalized spacial score (nSPS) is 22.5. The van der Waals surface area contributed by atoms with Gasteiger partial charge in [-0.05, 0) is 25.8 Å². The molecule has 2 unspecified atom stereocenters. The lowest BCUT2D eigenvalue weighted by Gasteiger charge is -2.24. The number of carbonyl (C=O) groups excluding carboxylic acids is 2. The molecule has 1 aliphatic rings. The Bertz CT molecular complexity index is 501. The largest absolute Gasteiger partial charge is 0.368 e. The van der Waals surface area contributed by atoms with Crippen molar-refractivity contribution in [1.82, 2.24) is 16.2 Å². The number of carbonyl (C=O) groups is 2. The number of hydrogen-bond donors (Lipinski definition) is 4. The van der Waals surface area contributed by atoms with E-state index in [2.05, 4.69) is 16.2 Å². The van der Waals surface area contributed by atoms with Gasteiger partial charge in [-0.1, -0.05) is 30.3 Å². The molecule has 0 aromatic heterocycles. The molecule has 1 saturated heterocycles. The molecular weight excluding hydrogens is 256 g/mol. The monoisotopic (exact) mass is 276 g/mol. The van der Waals surface area contributed by atoms with Gasteiger partial charge < -0.3 is 11.1 Å². The highest BCUT2D eigenvalue weighted by atomic mass is 16.2. The van der Waals surface area contributed by atoms with Gasteiger partial charge in [0.15, 0.2) is 0 Å². The van der Waals surface area contributed by atoms with Crippen molar-refractivity contribution < 1.29 is 9.59 Å². The fourth-order valence-corrected chi connectivity index (χ4v) is 2.09. The Hall–Kier alpha value is -1.92. The molecule has 2 atom stereocenters. The van der Waals surface area contributed by atoms with E-state index in [1.807, 2.05) is 30.3 Å². The third kappa shape index (κ3) is 3.15. The van der Waals surface area contributed by atoms with Crippen LogP contribution in [0.1, 0.15) is 31.9 Å². The summed E-state index contributed by atoms with van der Waals surface area (Å²) in [5, 5.41) is 2.65. The highest BCUT2D eigenvalue weighted by Gasteiger charge is 2.34. The van der Waals surface area contributed by atoms with Crippen LogP contribution in [0.4, 0.5) is 0 Å². The first-order chi connectivity index (χ1) is 9.40. The molecule has 1 fully saturated rings. The van der Waals surface area contributed by atoms with E-state index in [0.29, 0.717) is 6.42 Å². The first kappa shape index (κ1) is 14.5. The SMILES string of the molecule is CC(C)(NC(=O)C1CC(c2ccccc2)NN1)C(N)=O. The maximum absolute atomic E-state index is 12.1. The molecule has 5 N–H and O–H groups in total. The quantitative estimate of drug-likeness (QED) is 0.621. The molecule has 1 aliphatic heterocycles. The van der Waals surface area contributed by atoms with E-state index < -0.39 is 11.4 Å². The van der Waals surface area contributed by atoms with Crippen molar-refractivity contribution in [2.45, 2.75) is 37.9 Å². The summed E-state index contributed by atoms with van der Waals surface area (Å²) in [5.74, 6) is -0.795. The van der Waals surface area contributed by atoms with Gasteiger partial charge in [-0.15, -0.1) is 0 Å². The average Bonchev–Trinajstić information content (AvgIpc) is 2.88. The standard InChI is InChI=1S/C14H20N4O2/c1-14(2,13(15)20)16-12(19)11-8-10(17-18-11)9-6-4-3-5-7-9/h3-7,10-11,17-18H,8H2,1-2H3,(H2,15,20)(H,16,19). The van der Waals surface area contributed by atoms with E-state index in [-0.39, 0.29) is 18.0 Å². The second kappa shape index (κ2) is 5.60. The Morgan fingerprint density at radius 3 is 2.50 bits per heavy atom. The van der Waals surface area contributed by atoms with Crippen molar-refractivity contribution in [3.8, 4) is 0 Å². The highest BCUT2D eigenvalue weighted by Crippen LogP contribution is 2.22. The average molecular weight is 276 g/mol. The van der Waals surface area contributed by atoms with Gasteiger partial charge in [0.05, 0.1) is 0 Å². The zero-order valence-electron chi connectivity index (χ0n) is 11.6. The van der Waals surface area contributed by atoms with Crippen molar-refractivity contribution in [1.29, 1.82) is 0 Å². The van der Waals surface area contributed by atoms with E-state index in [4.69, 9.17) is 5.73 Å². The molecular formula is C14H20N4O2. The van der Waals surface area contributed by atoms with Gasteiger partial charge in [0, 0.05) is 6.04 Å². The van der Waals surface area contributed by atoms with E-state index >= 15 is 0 Å². The number of nitrogens with one attached hydrogen (secondary N) is 3. The minimum atomic E-state index is -1.05. The molecule has 0 bridgehead atoms. The number of hydrazine groups is 1. The van der Waals surface area contributed by atoms with Crippen LogP contribution in [0.15, 0.2) is 30.3 Å². The van der Waals surface area contributed by atoms with Crippen molar-refractivity contribution in [3.63, 3.8) is 0 Å². The van der Waals surface area contributed by atoms with Crippen LogP contribution in [0.3, 0.4) is 0 Å². The molecule has 6 nitrogen and oxygen atoms in total. The van der Waals surface area contributed by atoms with Gasteiger partial charge in [-0.2, -0.15) is 0 Å². The third-order valence-electron chi connectivity index (χ3n) is 3.47. The second-order valence-corrected chi connectivity index (χ2v) is 5.52. The summed E-state index contributed by atoms with van der Waals surface area (Å²) < 4.78 is 0. The lowest BCUT2D eigenvalue weighted by atomic mass is 10.00. The van der Waals surface area contributed by atoms with E-state index in [1.54, 1.807) is 13.8 Å². The number of amides is 2. The number of hydrogen-bond acceptors (Lipinski definition) is 4. The zero-order valence-corrected chi connectivity index (χ0v) is 11.6. The molecule has 1 aromatic rings.